The van der Waals surface area contributed by atoms with E-state index in [1.807, 2.05) is 6.07 Å². The number of rotatable bonds is 7. The summed E-state index contributed by atoms with van der Waals surface area (Å²) in [5.41, 5.74) is 3.65. The van der Waals surface area contributed by atoms with E-state index in [9.17, 15) is 0 Å². The summed E-state index contributed by atoms with van der Waals surface area (Å²) in [5.74, 6) is 3.75. The molecule has 0 fully saturated rings. The van der Waals surface area contributed by atoms with Gasteiger partial charge in [-0.2, -0.15) is 0 Å². The van der Waals surface area contributed by atoms with Gasteiger partial charge in [-0.05, 0) is 59.2 Å². The normalized spacial score (nSPS) is 22.3. The zero-order valence-corrected chi connectivity index (χ0v) is 17.4. The van der Waals surface area contributed by atoms with E-state index in [1.54, 1.807) is 28.4 Å². The molecule has 3 atom stereocenters. The Balaban J connectivity index is 1.86. The van der Waals surface area contributed by atoms with Crippen molar-refractivity contribution in [3.8, 4) is 23.0 Å². The third-order valence-corrected chi connectivity index (χ3v) is 5.99. The van der Waals surface area contributed by atoms with Crippen LogP contribution in [0.4, 0.5) is 0 Å². The maximum absolute atomic E-state index is 5.65. The summed E-state index contributed by atoms with van der Waals surface area (Å²) in [5, 5.41) is 0. The van der Waals surface area contributed by atoms with Crippen LogP contribution in [0.3, 0.4) is 0 Å². The molecule has 2 aromatic carbocycles. The fourth-order valence-electron chi connectivity index (χ4n) is 4.69. The van der Waals surface area contributed by atoms with Gasteiger partial charge < -0.3 is 28.4 Å². The number of benzene rings is 2. The molecule has 0 radical (unpaired) electrons. The van der Waals surface area contributed by atoms with Crippen molar-refractivity contribution < 1.29 is 28.4 Å². The minimum Gasteiger partial charge on any atom is -0.493 e. The van der Waals surface area contributed by atoms with Crippen LogP contribution in [0, 0.1) is 11.8 Å². The Hall–Kier alpha value is -2.44. The second-order valence-corrected chi connectivity index (χ2v) is 7.54. The molecule has 1 aliphatic heterocycles. The van der Waals surface area contributed by atoms with Crippen molar-refractivity contribution in [1.82, 2.24) is 0 Å². The second kappa shape index (κ2) is 8.51. The van der Waals surface area contributed by atoms with E-state index in [1.165, 1.54) is 16.7 Å². The number of ether oxygens (including phenoxy) is 6. The molecule has 2 aromatic rings. The van der Waals surface area contributed by atoms with Crippen LogP contribution in [0.2, 0.25) is 0 Å². The molecule has 0 aromatic heterocycles. The van der Waals surface area contributed by atoms with Gasteiger partial charge >= 0.3 is 0 Å². The van der Waals surface area contributed by atoms with E-state index >= 15 is 0 Å². The first-order valence-corrected chi connectivity index (χ1v) is 9.82. The van der Waals surface area contributed by atoms with Gasteiger partial charge in [0.1, 0.15) is 0 Å². The Morgan fingerprint density at radius 2 is 1.59 bits per heavy atom. The highest BCUT2D eigenvalue weighted by atomic mass is 16.7. The van der Waals surface area contributed by atoms with Crippen molar-refractivity contribution in [3.05, 3.63) is 47.0 Å². The molecule has 0 spiro atoms. The first-order valence-electron chi connectivity index (χ1n) is 9.82. The Morgan fingerprint density at radius 1 is 0.862 bits per heavy atom. The fraction of sp³-hybridized carbons (Fsp3) is 0.478. The van der Waals surface area contributed by atoms with E-state index in [4.69, 9.17) is 28.4 Å². The predicted octanol–water partition coefficient (Wildman–Crippen LogP) is 3.65. The van der Waals surface area contributed by atoms with Crippen molar-refractivity contribution >= 4 is 0 Å². The van der Waals surface area contributed by atoms with Crippen molar-refractivity contribution in [2.45, 2.75) is 12.3 Å². The number of fused-ring (bicyclic) bond motifs is 2. The average molecular weight is 400 g/mol. The number of hydrogen-bond donors (Lipinski definition) is 0. The Labute approximate surface area is 171 Å². The van der Waals surface area contributed by atoms with E-state index in [-0.39, 0.29) is 18.6 Å². The highest BCUT2D eigenvalue weighted by Crippen LogP contribution is 2.48. The lowest BCUT2D eigenvalue weighted by Gasteiger charge is -2.40. The van der Waals surface area contributed by atoms with Gasteiger partial charge in [-0.3, -0.25) is 0 Å². The zero-order chi connectivity index (χ0) is 20.4. The quantitative estimate of drug-likeness (QED) is 0.707. The number of hydrogen-bond acceptors (Lipinski definition) is 6. The third kappa shape index (κ3) is 3.63. The first kappa shape index (κ1) is 19.9. The summed E-state index contributed by atoms with van der Waals surface area (Å²) in [7, 11) is 6.85. The van der Waals surface area contributed by atoms with Crippen LogP contribution in [0.5, 0.6) is 23.0 Å². The number of methoxy groups -OCH3 is 4. The summed E-state index contributed by atoms with van der Waals surface area (Å²) in [6, 6.07) is 10.4. The highest BCUT2D eigenvalue weighted by Gasteiger charge is 2.39. The monoisotopic (exact) mass is 400 g/mol. The maximum Gasteiger partial charge on any atom is 0.231 e. The molecule has 156 valence electrons. The van der Waals surface area contributed by atoms with Gasteiger partial charge in [-0.25, -0.2) is 0 Å². The predicted molar refractivity (Wildman–Crippen MR) is 108 cm³/mol. The lowest BCUT2D eigenvalue weighted by molar-refractivity contribution is 0.0565. The minimum atomic E-state index is 0.119. The van der Waals surface area contributed by atoms with Crippen LogP contribution in [-0.4, -0.2) is 48.4 Å². The SMILES string of the molecule is COC[C@@H]1Cc2cc(OC)c(OC)cc2[C@H](c2ccc3c(c2)OCO3)[C@@H]1COC. The molecular formula is C23H28O6. The topological polar surface area (TPSA) is 55.4 Å². The Bertz CT molecular complexity index is 865. The Kier molecular flexibility index (Phi) is 5.83. The summed E-state index contributed by atoms with van der Waals surface area (Å²) in [4.78, 5) is 0. The lowest BCUT2D eigenvalue weighted by Crippen LogP contribution is -2.36. The standard InChI is InChI=1S/C23H28O6/c1-24-11-16-7-15-9-20(26-3)21(27-4)10-17(15)23(18(16)12-25-2)14-5-6-19-22(8-14)29-13-28-19/h5-6,8-10,16,18,23H,7,11-13H2,1-4H3/t16-,18+,23-/m0/s1. The largest absolute Gasteiger partial charge is 0.493 e. The van der Waals surface area contributed by atoms with Crippen LogP contribution < -0.4 is 18.9 Å². The van der Waals surface area contributed by atoms with Crippen molar-refractivity contribution in [1.29, 1.82) is 0 Å². The maximum atomic E-state index is 5.65. The van der Waals surface area contributed by atoms with Crippen LogP contribution in [0.25, 0.3) is 0 Å². The van der Waals surface area contributed by atoms with Crippen LogP contribution in [0.1, 0.15) is 22.6 Å². The van der Waals surface area contributed by atoms with Gasteiger partial charge in [0.2, 0.25) is 6.79 Å². The summed E-state index contributed by atoms with van der Waals surface area (Å²) in [6.45, 7) is 1.57. The molecule has 6 nitrogen and oxygen atoms in total. The molecular weight excluding hydrogens is 372 g/mol. The molecule has 0 N–H and O–H groups in total. The molecule has 0 saturated heterocycles. The molecule has 0 amide bonds. The van der Waals surface area contributed by atoms with Gasteiger partial charge in [-0.15, -0.1) is 0 Å². The second-order valence-electron chi connectivity index (χ2n) is 7.54. The molecule has 0 saturated carbocycles. The van der Waals surface area contributed by atoms with E-state index in [0.29, 0.717) is 19.1 Å². The first-order chi connectivity index (χ1) is 14.2. The molecule has 4 rings (SSSR count). The van der Waals surface area contributed by atoms with Gasteiger partial charge in [-0.1, -0.05) is 6.07 Å². The van der Waals surface area contributed by atoms with Crippen molar-refractivity contribution in [2.24, 2.45) is 11.8 Å². The van der Waals surface area contributed by atoms with Gasteiger partial charge in [0.05, 0.1) is 20.8 Å². The summed E-state index contributed by atoms with van der Waals surface area (Å²) >= 11 is 0. The van der Waals surface area contributed by atoms with Gasteiger partial charge in [0.15, 0.2) is 23.0 Å². The van der Waals surface area contributed by atoms with Crippen molar-refractivity contribution in [2.75, 3.05) is 48.4 Å². The third-order valence-electron chi connectivity index (χ3n) is 5.99. The highest BCUT2D eigenvalue weighted by molar-refractivity contribution is 5.54. The molecule has 0 unspecified atom stereocenters. The summed E-state index contributed by atoms with van der Waals surface area (Å²) < 4.78 is 33.5. The minimum absolute atomic E-state index is 0.119. The molecule has 6 heteroatoms. The molecule has 29 heavy (non-hydrogen) atoms. The molecule has 1 heterocycles. The van der Waals surface area contributed by atoms with Gasteiger partial charge in [0, 0.05) is 26.7 Å². The fourth-order valence-corrected chi connectivity index (χ4v) is 4.69. The van der Waals surface area contributed by atoms with Gasteiger partial charge in [0.25, 0.3) is 0 Å². The van der Waals surface area contributed by atoms with Crippen LogP contribution in [0.15, 0.2) is 30.3 Å². The molecule has 0 bridgehead atoms. The van der Waals surface area contributed by atoms with E-state index in [2.05, 4.69) is 24.3 Å². The zero-order valence-electron chi connectivity index (χ0n) is 17.4. The Morgan fingerprint density at radius 3 is 2.31 bits per heavy atom. The summed E-state index contributed by atoms with van der Waals surface area (Å²) in [6.07, 6.45) is 0.901. The van der Waals surface area contributed by atoms with Crippen LogP contribution in [-0.2, 0) is 15.9 Å². The van der Waals surface area contributed by atoms with Crippen LogP contribution >= 0.6 is 0 Å². The molecule has 1 aliphatic carbocycles. The van der Waals surface area contributed by atoms with E-state index < -0.39 is 0 Å². The molecule has 2 aliphatic rings. The average Bonchev–Trinajstić information content (AvgIpc) is 3.21. The smallest absolute Gasteiger partial charge is 0.231 e. The lowest BCUT2D eigenvalue weighted by atomic mass is 9.67. The van der Waals surface area contributed by atoms with E-state index in [0.717, 1.165) is 29.4 Å². The van der Waals surface area contributed by atoms with Crippen molar-refractivity contribution in [3.63, 3.8) is 0 Å².